The molecule has 164 valence electrons. The molecule has 6 heteroatoms. The lowest BCUT2D eigenvalue weighted by atomic mass is 9.98. The molecule has 0 N–H and O–H groups in total. The molecule has 29 heavy (non-hydrogen) atoms. The van der Waals surface area contributed by atoms with Crippen LogP contribution in [-0.2, 0) is 18.9 Å². The van der Waals surface area contributed by atoms with E-state index in [1.165, 1.54) is 0 Å². The largest absolute Gasteiger partial charge is 0.359 e. The number of nitrogens with zero attached hydrogens (tertiary/aromatic N) is 1. The Kier molecular flexibility index (Phi) is 9.99. The molecule has 1 aromatic rings. The summed E-state index contributed by atoms with van der Waals surface area (Å²) in [6.45, 7) is 11.3. The Balaban J connectivity index is 1.75. The van der Waals surface area contributed by atoms with E-state index in [1.54, 1.807) is 18.4 Å². The molecule has 0 unspecified atom stereocenters. The zero-order chi connectivity index (χ0) is 21.3. The maximum Gasteiger partial charge on any atom is 0.163 e. The molecular weight excluding hydrogens is 386 g/mol. The number of hydrogen-bond donors (Lipinski definition) is 0. The predicted octanol–water partition coefficient (Wildman–Crippen LogP) is 5.75. The average Bonchev–Trinajstić information content (AvgIpc) is 3.24. The van der Waals surface area contributed by atoms with Crippen LogP contribution in [0, 0.1) is 12.8 Å². The molecule has 1 aromatic heterocycles. The van der Waals surface area contributed by atoms with Gasteiger partial charge >= 0.3 is 0 Å². The topological polar surface area (TPSA) is 49.8 Å². The fourth-order valence-electron chi connectivity index (χ4n) is 3.39. The first kappa shape index (κ1) is 24.2. The lowest BCUT2D eigenvalue weighted by molar-refractivity contribution is -0.144. The van der Waals surface area contributed by atoms with Gasteiger partial charge in [-0.15, -0.1) is 11.3 Å². The summed E-state index contributed by atoms with van der Waals surface area (Å²) in [5, 5.41) is 3.15. The van der Waals surface area contributed by atoms with Crippen LogP contribution in [0.25, 0.3) is 6.08 Å². The molecule has 0 aromatic carbocycles. The number of rotatable bonds is 12. The second-order valence-corrected chi connectivity index (χ2v) is 9.29. The Hall–Kier alpha value is -1.05. The van der Waals surface area contributed by atoms with Crippen molar-refractivity contribution in [2.45, 2.75) is 78.3 Å². The van der Waals surface area contributed by atoms with Crippen LogP contribution in [0.1, 0.15) is 64.1 Å². The molecule has 1 fully saturated rings. The van der Waals surface area contributed by atoms with Gasteiger partial charge in [0.15, 0.2) is 5.79 Å². The maximum atomic E-state index is 5.96. The second-order valence-electron chi connectivity index (χ2n) is 8.22. The number of hydrogen-bond acceptors (Lipinski definition) is 6. The Morgan fingerprint density at radius 3 is 2.83 bits per heavy atom. The zero-order valence-corrected chi connectivity index (χ0v) is 19.6. The maximum absolute atomic E-state index is 5.96. The van der Waals surface area contributed by atoms with E-state index in [0.717, 1.165) is 42.0 Å². The minimum absolute atomic E-state index is 0.00148. The van der Waals surface area contributed by atoms with Crippen molar-refractivity contribution < 1.29 is 18.9 Å². The van der Waals surface area contributed by atoms with Crippen LogP contribution in [0.4, 0.5) is 0 Å². The third-order valence-corrected chi connectivity index (χ3v) is 5.91. The van der Waals surface area contributed by atoms with Crippen LogP contribution < -0.4 is 0 Å². The molecule has 5 nitrogen and oxygen atoms in total. The molecule has 0 spiro atoms. The van der Waals surface area contributed by atoms with Gasteiger partial charge < -0.3 is 18.9 Å². The summed E-state index contributed by atoms with van der Waals surface area (Å²) in [4.78, 5) is 4.51. The number of methoxy groups -OCH3 is 1. The number of allylic oxidation sites excluding steroid dienone is 1. The van der Waals surface area contributed by atoms with Gasteiger partial charge in [0.05, 0.1) is 29.5 Å². The fourth-order valence-corrected chi connectivity index (χ4v) is 3.96. The van der Waals surface area contributed by atoms with E-state index in [0.29, 0.717) is 12.5 Å². The molecule has 0 bridgehead atoms. The molecule has 1 aliphatic heterocycles. The van der Waals surface area contributed by atoms with Gasteiger partial charge in [0.1, 0.15) is 6.79 Å². The summed E-state index contributed by atoms with van der Waals surface area (Å²) in [5.74, 6) is 0.0771. The van der Waals surface area contributed by atoms with Crippen molar-refractivity contribution in [2.75, 3.05) is 20.5 Å². The molecule has 0 aliphatic carbocycles. The second kappa shape index (κ2) is 12.0. The number of thiazole rings is 1. The Labute approximate surface area is 180 Å². The van der Waals surface area contributed by atoms with Gasteiger partial charge in [-0.05, 0) is 70.9 Å². The monoisotopic (exact) mass is 423 g/mol. The number of ether oxygens (including phenoxy) is 4. The summed E-state index contributed by atoms with van der Waals surface area (Å²) in [7, 11) is 1.65. The fraction of sp³-hybridized carbons (Fsp3) is 0.696. The van der Waals surface area contributed by atoms with E-state index in [4.69, 9.17) is 18.9 Å². The predicted molar refractivity (Wildman–Crippen MR) is 119 cm³/mol. The summed E-state index contributed by atoms with van der Waals surface area (Å²) in [5.41, 5.74) is 2.15. The van der Waals surface area contributed by atoms with Crippen molar-refractivity contribution in [2.24, 2.45) is 5.92 Å². The van der Waals surface area contributed by atoms with E-state index in [9.17, 15) is 0 Å². The highest BCUT2D eigenvalue weighted by Gasteiger charge is 2.35. The quantitative estimate of drug-likeness (QED) is 0.243. The van der Waals surface area contributed by atoms with Crippen LogP contribution in [0.3, 0.4) is 0 Å². The van der Waals surface area contributed by atoms with Crippen LogP contribution >= 0.6 is 11.3 Å². The highest BCUT2D eigenvalue weighted by molar-refractivity contribution is 7.09. The minimum atomic E-state index is -0.432. The van der Waals surface area contributed by atoms with Crippen molar-refractivity contribution in [3.63, 3.8) is 0 Å². The van der Waals surface area contributed by atoms with Crippen molar-refractivity contribution in [3.8, 4) is 0 Å². The minimum Gasteiger partial charge on any atom is -0.359 e. The summed E-state index contributed by atoms with van der Waals surface area (Å²) in [6.07, 6.45) is 11.0. The van der Waals surface area contributed by atoms with Gasteiger partial charge in [0, 0.05) is 12.5 Å². The molecule has 1 aliphatic rings. The highest BCUT2D eigenvalue weighted by atomic mass is 32.1. The molecule has 1 saturated heterocycles. The van der Waals surface area contributed by atoms with E-state index in [1.807, 2.05) is 20.8 Å². The first-order valence-electron chi connectivity index (χ1n) is 10.5. The van der Waals surface area contributed by atoms with Gasteiger partial charge in [-0.2, -0.15) is 0 Å². The normalized spacial score (nSPS) is 21.7. The molecule has 3 atom stereocenters. The number of unbranched alkanes of at least 4 members (excludes halogenated alkanes) is 1. The smallest absolute Gasteiger partial charge is 0.163 e. The van der Waals surface area contributed by atoms with E-state index < -0.39 is 5.79 Å². The van der Waals surface area contributed by atoms with Gasteiger partial charge in [-0.1, -0.05) is 19.1 Å². The summed E-state index contributed by atoms with van der Waals surface area (Å²) in [6, 6.07) is 0. The van der Waals surface area contributed by atoms with Crippen LogP contribution in [0.2, 0.25) is 0 Å². The molecule has 2 rings (SSSR count). The van der Waals surface area contributed by atoms with Gasteiger partial charge in [0.25, 0.3) is 0 Å². The van der Waals surface area contributed by atoms with Crippen LogP contribution in [0.15, 0.2) is 23.1 Å². The lowest BCUT2D eigenvalue weighted by Crippen LogP contribution is -2.25. The first-order valence-corrected chi connectivity index (χ1v) is 11.4. The molecule has 0 radical (unpaired) electrons. The summed E-state index contributed by atoms with van der Waals surface area (Å²) >= 11 is 1.66. The molecule has 0 amide bonds. The molecule has 2 heterocycles. The standard InChI is InChI=1S/C23H37NO4S/c1-17(22-14-27-23(4,5)28-22)11-9-7-8-10-12-21(26-16-25-6)18(2)13-20-15-29-19(3)24-20/h8,10,13,15,17,21-22H,7,9,11-12,14,16H2,1-6H3/b10-8+,18-13+/t17-,21-,22-/m0/s1. The number of aromatic nitrogens is 1. The first-order chi connectivity index (χ1) is 13.8. The van der Waals surface area contributed by atoms with Crippen molar-refractivity contribution in [1.82, 2.24) is 4.98 Å². The average molecular weight is 424 g/mol. The van der Waals surface area contributed by atoms with Crippen LogP contribution in [-0.4, -0.2) is 43.5 Å². The third kappa shape index (κ3) is 8.69. The zero-order valence-electron chi connectivity index (χ0n) is 18.8. The Bertz CT molecular complexity index is 668. The Morgan fingerprint density at radius 2 is 2.21 bits per heavy atom. The van der Waals surface area contributed by atoms with E-state index >= 15 is 0 Å². The molecular formula is C23H37NO4S. The Morgan fingerprint density at radius 1 is 1.41 bits per heavy atom. The molecule has 0 saturated carbocycles. The van der Waals surface area contributed by atoms with Gasteiger partial charge in [-0.3, -0.25) is 0 Å². The van der Waals surface area contributed by atoms with Gasteiger partial charge in [0.2, 0.25) is 0 Å². The highest BCUT2D eigenvalue weighted by Crippen LogP contribution is 2.28. The van der Waals surface area contributed by atoms with Crippen molar-refractivity contribution >= 4 is 17.4 Å². The van der Waals surface area contributed by atoms with Crippen molar-refractivity contribution in [3.05, 3.63) is 33.8 Å². The SMILES string of the molecule is COCO[C@@H](C/C=C/CCC[C@H](C)[C@@H]1COC(C)(C)O1)/C(C)=C/c1csc(C)n1. The van der Waals surface area contributed by atoms with E-state index in [2.05, 4.69) is 42.4 Å². The third-order valence-electron chi connectivity index (χ3n) is 5.12. The van der Waals surface area contributed by atoms with Crippen LogP contribution in [0.5, 0.6) is 0 Å². The van der Waals surface area contributed by atoms with Gasteiger partial charge in [-0.25, -0.2) is 4.98 Å². The van der Waals surface area contributed by atoms with Crippen molar-refractivity contribution in [1.29, 1.82) is 0 Å². The number of aryl methyl sites for hydroxylation is 1. The summed E-state index contributed by atoms with van der Waals surface area (Å²) < 4.78 is 22.6. The van der Waals surface area contributed by atoms with E-state index in [-0.39, 0.29) is 19.0 Å². The lowest BCUT2D eigenvalue weighted by Gasteiger charge is -2.21.